The van der Waals surface area contributed by atoms with Crippen LogP contribution in [-0.2, 0) is 4.74 Å². The highest BCUT2D eigenvalue weighted by atomic mass is 35.5. The van der Waals surface area contributed by atoms with Gasteiger partial charge in [-0.1, -0.05) is 17.7 Å². The molecule has 1 N–H and O–H groups in total. The molecule has 1 saturated heterocycles. The average Bonchev–Trinajstić information content (AvgIpc) is 2.82. The molecule has 17 heavy (non-hydrogen) atoms. The van der Waals surface area contributed by atoms with Gasteiger partial charge in [0.15, 0.2) is 0 Å². The van der Waals surface area contributed by atoms with Crippen LogP contribution in [-0.4, -0.2) is 17.8 Å². The Hall–Kier alpha value is -0.640. The van der Waals surface area contributed by atoms with Crippen LogP contribution in [0.2, 0.25) is 5.02 Å². The molecule has 1 heterocycles. The summed E-state index contributed by atoms with van der Waals surface area (Å²) < 4.78 is 18.7. The summed E-state index contributed by atoms with van der Waals surface area (Å²) in [5.41, 5.74) is 0.574. The van der Waals surface area contributed by atoms with Crippen molar-refractivity contribution in [2.45, 2.75) is 37.9 Å². The number of rotatable bonds is 4. The quantitative estimate of drug-likeness (QED) is 0.896. The molecule has 4 heteroatoms. The second kappa shape index (κ2) is 5.80. The van der Waals surface area contributed by atoms with Crippen LogP contribution < -0.4 is 0 Å². The fraction of sp³-hybridized carbons (Fsp3) is 0.538. The lowest BCUT2D eigenvalue weighted by Gasteiger charge is -2.14. The highest BCUT2D eigenvalue weighted by Crippen LogP contribution is 2.26. The molecule has 2 unspecified atom stereocenters. The van der Waals surface area contributed by atoms with Crippen LogP contribution in [0, 0.1) is 5.82 Å². The molecule has 0 radical (unpaired) electrons. The fourth-order valence-corrected chi connectivity index (χ4v) is 2.22. The van der Waals surface area contributed by atoms with Gasteiger partial charge in [0.05, 0.1) is 17.2 Å². The van der Waals surface area contributed by atoms with E-state index in [2.05, 4.69) is 0 Å². The van der Waals surface area contributed by atoms with Gasteiger partial charge in [-0.05, 0) is 43.4 Å². The zero-order valence-electron chi connectivity index (χ0n) is 9.53. The van der Waals surface area contributed by atoms with Gasteiger partial charge in [0.25, 0.3) is 0 Å². The lowest BCUT2D eigenvalue weighted by atomic mass is 10.0. The van der Waals surface area contributed by atoms with E-state index in [1.165, 1.54) is 12.1 Å². The molecule has 2 atom stereocenters. The number of aliphatic hydroxyl groups is 1. The maximum atomic E-state index is 13.2. The van der Waals surface area contributed by atoms with Gasteiger partial charge in [-0.15, -0.1) is 0 Å². The van der Waals surface area contributed by atoms with Crippen LogP contribution in [0.5, 0.6) is 0 Å². The molecule has 94 valence electrons. The van der Waals surface area contributed by atoms with Crippen molar-refractivity contribution in [3.05, 3.63) is 34.6 Å². The molecule has 0 bridgehead atoms. The maximum Gasteiger partial charge on any atom is 0.142 e. The van der Waals surface area contributed by atoms with Gasteiger partial charge in [0, 0.05) is 6.61 Å². The van der Waals surface area contributed by atoms with Gasteiger partial charge < -0.3 is 9.84 Å². The van der Waals surface area contributed by atoms with Gasteiger partial charge in [-0.25, -0.2) is 4.39 Å². The third-order valence-electron chi connectivity index (χ3n) is 3.11. The first-order valence-electron chi connectivity index (χ1n) is 5.91. The monoisotopic (exact) mass is 258 g/mol. The van der Waals surface area contributed by atoms with Crippen molar-refractivity contribution in [3.8, 4) is 0 Å². The highest BCUT2D eigenvalue weighted by molar-refractivity contribution is 6.30. The smallest absolute Gasteiger partial charge is 0.142 e. The van der Waals surface area contributed by atoms with Gasteiger partial charge in [0.1, 0.15) is 5.82 Å². The van der Waals surface area contributed by atoms with Crippen LogP contribution in [0.3, 0.4) is 0 Å². The largest absolute Gasteiger partial charge is 0.388 e. The van der Waals surface area contributed by atoms with E-state index in [0.717, 1.165) is 25.9 Å². The highest BCUT2D eigenvalue weighted by Gasteiger charge is 2.18. The molecule has 0 spiro atoms. The topological polar surface area (TPSA) is 29.5 Å². The summed E-state index contributed by atoms with van der Waals surface area (Å²) in [6.45, 7) is 0.816. The average molecular weight is 259 g/mol. The predicted octanol–water partition coefficient (Wildman–Crippen LogP) is 3.47. The molecule has 1 aromatic rings. The van der Waals surface area contributed by atoms with Gasteiger partial charge >= 0.3 is 0 Å². The Bertz CT molecular complexity index is 378. The minimum atomic E-state index is -0.647. The fourth-order valence-electron chi connectivity index (χ4n) is 2.10. The summed E-state index contributed by atoms with van der Waals surface area (Å²) in [7, 11) is 0. The molecule has 2 rings (SSSR count). The molecule has 2 nitrogen and oxygen atoms in total. The summed E-state index contributed by atoms with van der Waals surface area (Å²) in [6, 6.07) is 4.43. The number of hydrogen-bond donors (Lipinski definition) is 1. The van der Waals surface area contributed by atoms with Crippen LogP contribution in [0.1, 0.15) is 37.4 Å². The van der Waals surface area contributed by atoms with Gasteiger partial charge in [0.2, 0.25) is 0 Å². The first-order valence-corrected chi connectivity index (χ1v) is 6.29. The first kappa shape index (κ1) is 12.8. The number of benzene rings is 1. The lowest BCUT2D eigenvalue weighted by molar-refractivity contribution is 0.0811. The van der Waals surface area contributed by atoms with E-state index in [9.17, 15) is 9.50 Å². The molecular weight excluding hydrogens is 243 g/mol. The molecule has 1 aliphatic rings. The molecule has 0 amide bonds. The van der Waals surface area contributed by atoms with Crippen molar-refractivity contribution in [1.82, 2.24) is 0 Å². The Kier molecular flexibility index (Phi) is 4.37. The third kappa shape index (κ3) is 3.41. The summed E-state index contributed by atoms with van der Waals surface area (Å²) in [5.74, 6) is -0.486. The minimum Gasteiger partial charge on any atom is -0.388 e. The molecule has 1 aliphatic heterocycles. The second-order valence-electron chi connectivity index (χ2n) is 4.40. The zero-order valence-corrected chi connectivity index (χ0v) is 10.3. The molecule has 0 aliphatic carbocycles. The van der Waals surface area contributed by atoms with E-state index in [4.69, 9.17) is 16.3 Å². The number of ether oxygens (including phenoxy) is 1. The van der Waals surface area contributed by atoms with Crippen LogP contribution in [0.15, 0.2) is 18.2 Å². The standard InChI is InChI=1S/C13H16ClFO2/c14-11-5-3-9(8-12(11)15)13(16)6-4-10-2-1-7-17-10/h3,5,8,10,13,16H,1-2,4,6-7H2. The molecule has 0 saturated carbocycles. The summed E-state index contributed by atoms with van der Waals surface area (Å²) in [6.07, 6.45) is 3.16. The second-order valence-corrected chi connectivity index (χ2v) is 4.81. The summed E-state index contributed by atoms with van der Waals surface area (Å²) >= 11 is 5.59. The Balaban J connectivity index is 1.89. The Labute approximate surface area is 105 Å². The molecule has 1 aromatic carbocycles. The van der Waals surface area contributed by atoms with Crippen LogP contribution >= 0.6 is 11.6 Å². The maximum absolute atomic E-state index is 13.2. The minimum absolute atomic E-state index is 0.0834. The molecule has 0 aromatic heterocycles. The van der Waals surface area contributed by atoms with E-state index in [-0.39, 0.29) is 11.1 Å². The Morgan fingerprint density at radius 2 is 2.35 bits per heavy atom. The van der Waals surface area contributed by atoms with Crippen molar-refractivity contribution in [1.29, 1.82) is 0 Å². The van der Waals surface area contributed by atoms with Crippen LogP contribution in [0.25, 0.3) is 0 Å². The number of aliphatic hydroxyl groups excluding tert-OH is 1. The third-order valence-corrected chi connectivity index (χ3v) is 3.42. The van der Waals surface area contributed by atoms with Gasteiger partial charge in [-0.2, -0.15) is 0 Å². The van der Waals surface area contributed by atoms with Crippen molar-refractivity contribution < 1.29 is 14.2 Å². The Morgan fingerprint density at radius 3 is 3.00 bits per heavy atom. The van der Waals surface area contributed by atoms with E-state index < -0.39 is 11.9 Å². The number of hydrogen-bond acceptors (Lipinski definition) is 2. The zero-order chi connectivity index (χ0) is 12.3. The van der Waals surface area contributed by atoms with E-state index >= 15 is 0 Å². The Morgan fingerprint density at radius 1 is 1.53 bits per heavy atom. The van der Waals surface area contributed by atoms with Crippen molar-refractivity contribution in [3.63, 3.8) is 0 Å². The normalized spacial score (nSPS) is 21.7. The van der Waals surface area contributed by atoms with E-state index in [0.29, 0.717) is 12.0 Å². The lowest BCUT2D eigenvalue weighted by Crippen LogP contribution is -2.08. The number of halogens is 2. The molecule has 1 fully saturated rings. The first-order chi connectivity index (χ1) is 8.16. The van der Waals surface area contributed by atoms with Crippen molar-refractivity contribution >= 4 is 11.6 Å². The SMILES string of the molecule is OC(CCC1CCCO1)c1ccc(Cl)c(F)c1. The summed E-state index contributed by atoms with van der Waals surface area (Å²) in [4.78, 5) is 0. The predicted molar refractivity (Wildman–Crippen MR) is 64.6 cm³/mol. The molecular formula is C13H16ClFO2. The van der Waals surface area contributed by atoms with Crippen molar-refractivity contribution in [2.24, 2.45) is 0 Å². The van der Waals surface area contributed by atoms with E-state index in [1.54, 1.807) is 6.07 Å². The van der Waals surface area contributed by atoms with Crippen LogP contribution in [0.4, 0.5) is 4.39 Å². The summed E-state index contributed by atoms with van der Waals surface area (Å²) in [5, 5.41) is 10.0. The van der Waals surface area contributed by atoms with Gasteiger partial charge in [-0.3, -0.25) is 0 Å². The van der Waals surface area contributed by atoms with E-state index in [1.807, 2.05) is 0 Å². The van der Waals surface area contributed by atoms with Crippen molar-refractivity contribution in [2.75, 3.05) is 6.61 Å².